The summed E-state index contributed by atoms with van der Waals surface area (Å²) in [5.41, 5.74) is 2.00. The number of hydrogen-bond donors (Lipinski definition) is 0. The van der Waals surface area contributed by atoms with Gasteiger partial charge in [0.2, 0.25) is 0 Å². The molecule has 1 fully saturated rings. The second-order valence-corrected chi connectivity index (χ2v) is 5.59. The Morgan fingerprint density at radius 1 is 0.905 bits per heavy atom. The fraction of sp³-hybridized carbons (Fsp3) is 0.125. The molecule has 0 spiro atoms. The van der Waals surface area contributed by atoms with Gasteiger partial charge in [-0.1, -0.05) is 35.9 Å². The highest BCUT2D eigenvalue weighted by molar-refractivity contribution is 6.30. The molecular formula is C16H11ClN2O2. The predicted octanol–water partition coefficient (Wildman–Crippen LogP) is 2.91. The number of halogens is 1. The molecule has 0 aliphatic carbocycles. The third kappa shape index (κ3) is 1.87. The van der Waals surface area contributed by atoms with E-state index in [1.807, 2.05) is 24.3 Å². The Kier molecular flexibility index (Phi) is 2.64. The monoisotopic (exact) mass is 298 g/mol. The van der Waals surface area contributed by atoms with Crippen LogP contribution in [0.15, 0.2) is 48.5 Å². The maximum Gasteiger partial charge on any atom is 0.276 e. The smallest absolute Gasteiger partial charge is 0.267 e. The first-order chi connectivity index (χ1) is 10.2. The molecule has 2 heterocycles. The average Bonchev–Trinajstić information content (AvgIpc) is 3.23. The van der Waals surface area contributed by atoms with Gasteiger partial charge in [-0.25, -0.2) is 5.01 Å². The first-order valence-electron chi connectivity index (χ1n) is 6.66. The highest BCUT2D eigenvalue weighted by Gasteiger charge is 2.49. The lowest BCUT2D eigenvalue weighted by molar-refractivity contribution is 0.0370. The van der Waals surface area contributed by atoms with Gasteiger partial charge < -0.3 is 0 Å². The summed E-state index contributed by atoms with van der Waals surface area (Å²) in [4.78, 5) is 24.7. The molecule has 0 saturated carbocycles. The second-order valence-electron chi connectivity index (χ2n) is 5.16. The molecule has 2 atom stereocenters. The summed E-state index contributed by atoms with van der Waals surface area (Å²) >= 11 is 5.88. The Balaban J connectivity index is 1.61. The zero-order valence-corrected chi connectivity index (χ0v) is 11.7. The summed E-state index contributed by atoms with van der Waals surface area (Å²) in [6.45, 7) is 0.660. The van der Waals surface area contributed by atoms with Gasteiger partial charge in [0.05, 0.1) is 17.2 Å². The van der Waals surface area contributed by atoms with Crippen molar-refractivity contribution in [3.05, 3.63) is 70.2 Å². The Labute approximate surface area is 126 Å². The summed E-state index contributed by atoms with van der Waals surface area (Å²) in [7, 11) is 0. The highest BCUT2D eigenvalue weighted by Crippen LogP contribution is 2.40. The second kappa shape index (κ2) is 4.41. The van der Waals surface area contributed by atoms with Crippen LogP contribution in [0, 0.1) is 0 Å². The van der Waals surface area contributed by atoms with Gasteiger partial charge in [-0.15, -0.1) is 0 Å². The number of hydrogen-bond acceptors (Lipinski definition) is 3. The molecule has 4 nitrogen and oxygen atoms in total. The summed E-state index contributed by atoms with van der Waals surface area (Å²) in [6.07, 6.45) is 0. The predicted molar refractivity (Wildman–Crippen MR) is 77.8 cm³/mol. The summed E-state index contributed by atoms with van der Waals surface area (Å²) < 4.78 is 0. The van der Waals surface area contributed by atoms with Crippen LogP contribution in [0.3, 0.4) is 0 Å². The van der Waals surface area contributed by atoms with E-state index in [0.29, 0.717) is 22.7 Å². The minimum Gasteiger partial charge on any atom is -0.267 e. The van der Waals surface area contributed by atoms with Crippen molar-refractivity contribution < 1.29 is 9.59 Å². The van der Waals surface area contributed by atoms with Gasteiger partial charge in [-0.05, 0) is 29.8 Å². The summed E-state index contributed by atoms with van der Waals surface area (Å²) in [5.74, 6) is -0.487. The van der Waals surface area contributed by atoms with Gasteiger partial charge >= 0.3 is 0 Å². The van der Waals surface area contributed by atoms with E-state index in [2.05, 4.69) is 0 Å². The summed E-state index contributed by atoms with van der Waals surface area (Å²) in [6, 6.07) is 14.5. The molecule has 2 aromatic rings. The van der Waals surface area contributed by atoms with Crippen LogP contribution in [0.1, 0.15) is 32.3 Å². The molecule has 0 radical (unpaired) electrons. The summed E-state index contributed by atoms with van der Waals surface area (Å²) in [5, 5.41) is 3.71. The van der Waals surface area contributed by atoms with E-state index in [1.54, 1.807) is 29.3 Å². The molecule has 2 aromatic carbocycles. The quantitative estimate of drug-likeness (QED) is 0.632. The van der Waals surface area contributed by atoms with E-state index in [9.17, 15) is 9.59 Å². The molecule has 2 amide bonds. The van der Waals surface area contributed by atoms with Crippen molar-refractivity contribution in [2.75, 3.05) is 6.54 Å². The van der Waals surface area contributed by atoms with Crippen molar-refractivity contribution in [3.63, 3.8) is 0 Å². The van der Waals surface area contributed by atoms with Gasteiger partial charge in [-0.3, -0.25) is 9.59 Å². The van der Waals surface area contributed by atoms with Crippen LogP contribution >= 0.6 is 11.6 Å². The Morgan fingerprint density at radius 3 is 2.05 bits per heavy atom. The van der Waals surface area contributed by atoms with E-state index >= 15 is 0 Å². The van der Waals surface area contributed by atoms with Crippen molar-refractivity contribution >= 4 is 23.4 Å². The molecule has 2 aliphatic rings. The molecule has 0 N–H and O–H groups in total. The van der Waals surface area contributed by atoms with E-state index in [0.717, 1.165) is 5.56 Å². The lowest BCUT2D eigenvalue weighted by Gasteiger charge is -2.15. The lowest BCUT2D eigenvalue weighted by Crippen LogP contribution is -2.35. The van der Waals surface area contributed by atoms with E-state index in [4.69, 9.17) is 11.6 Å². The minimum atomic E-state index is -0.243. The molecule has 104 valence electrons. The maximum absolute atomic E-state index is 12.4. The molecule has 5 heteroatoms. The molecule has 2 aliphatic heterocycles. The third-order valence-corrected chi connectivity index (χ3v) is 4.12. The topological polar surface area (TPSA) is 40.4 Å². The van der Waals surface area contributed by atoms with Crippen LogP contribution in [0.25, 0.3) is 0 Å². The van der Waals surface area contributed by atoms with Gasteiger partial charge in [0, 0.05) is 11.6 Å². The number of fused-ring (bicyclic) bond motifs is 1. The molecular weight excluding hydrogens is 288 g/mol. The number of rotatable bonds is 2. The van der Waals surface area contributed by atoms with E-state index in [-0.39, 0.29) is 17.9 Å². The van der Waals surface area contributed by atoms with Crippen molar-refractivity contribution in [3.8, 4) is 0 Å². The number of nitrogens with zero attached hydrogens (tertiary/aromatic N) is 2. The number of carbonyl (C=O) groups excluding carboxylic acids is 2. The maximum atomic E-state index is 12.4. The average molecular weight is 299 g/mol. The Hall–Kier alpha value is -2.17. The zero-order valence-electron chi connectivity index (χ0n) is 11.0. The van der Waals surface area contributed by atoms with Crippen LogP contribution in [0.5, 0.6) is 0 Å². The van der Waals surface area contributed by atoms with Gasteiger partial charge in [0.25, 0.3) is 11.8 Å². The van der Waals surface area contributed by atoms with Crippen molar-refractivity contribution in [2.24, 2.45) is 0 Å². The standard InChI is InChI=1S/C16H11ClN2O2/c17-11-7-5-10(6-8-11)14-9-18(14)19-15(20)12-3-1-2-4-13(12)16(19)21/h1-8,14H,9H2. The number of amides is 2. The van der Waals surface area contributed by atoms with Crippen molar-refractivity contribution in [2.45, 2.75) is 6.04 Å². The minimum absolute atomic E-state index is 0.0597. The van der Waals surface area contributed by atoms with Crippen LogP contribution < -0.4 is 0 Å². The molecule has 2 unspecified atom stereocenters. The molecule has 4 rings (SSSR count). The molecule has 21 heavy (non-hydrogen) atoms. The third-order valence-electron chi connectivity index (χ3n) is 3.87. The number of imide groups is 1. The molecule has 1 saturated heterocycles. The molecule has 0 bridgehead atoms. The fourth-order valence-electron chi connectivity index (χ4n) is 2.72. The van der Waals surface area contributed by atoms with Crippen LogP contribution in [0.2, 0.25) is 5.02 Å². The lowest BCUT2D eigenvalue weighted by atomic mass is 10.1. The number of benzene rings is 2. The molecule has 0 aromatic heterocycles. The first kappa shape index (κ1) is 12.6. The number of hydrazine groups is 1. The number of carbonyl (C=O) groups is 2. The van der Waals surface area contributed by atoms with Crippen molar-refractivity contribution in [1.29, 1.82) is 0 Å². The zero-order chi connectivity index (χ0) is 14.6. The van der Waals surface area contributed by atoms with Gasteiger partial charge in [0.1, 0.15) is 0 Å². The van der Waals surface area contributed by atoms with Crippen LogP contribution in [0.4, 0.5) is 0 Å². The van der Waals surface area contributed by atoms with Crippen LogP contribution in [-0.4, -0.2) is 28.4 Å². The van der Waals surface area contributed by atoms with Gasteiger partial charge in [0.15, 0.2) is 0 Å². The van der Waals surface area contributed by atoms with E-state index in [1.165, 1.54) is 5.01 Å². The Bertz CT molecular complexity index is 722. The van der Waals surface area contributed by atoms with Crippen LogP contribution in [-0.2, 0) is 0 Å². The Morgan fingerprint density at radius 2 is 1.48 bits per heavy atom. The van der Waals surface area contributed by atoms with Gasteiger partial charge in [-0.2, -0.15) is 5.01 Å². The SMILES string of the molecule is O=C1c2ccccc2C(=O)N1N1CC1c1ccc(Cl)cc1. The highest BCUT2D eigenvalue weighted by atomic mass is 35.5. The largest absolute Gasteiger partial charge is 0.276 e. The fourth-order valence-corrected chi connectivity index (χ4v) is 2.85. The normalized spacial score (nSPS) is 23.4. The van der Waals surface area contributed by atoms with Crippen molar-refractivity contribution in [1.82, 2.24) is 10.0 Å². The van der Waals surface area contributed by atoms with E-state index < -0.39 is 0 Å². The first-order valence-corrected chi connectivity index (χ1v) is 7.04.